The first-order chi connectivity index (χ1) is 31.9. The smallest absolute Gasteiger partial charge is 0.164 e. The van der Waals surface area contributed by atoms with Gasteiger partial charge in [-0.15, -0.1) is 0 Å². The van der Waals surface area contributed by atoms with Crippen LogP contribution in [0.3, 0.4) is 0 Å². The van der Waals surface area contributed by atoms with E-state index in [1.807, 2.05) is 115 Å². The monoisotopic (exact) mass is 726 g/mol. The van der Waals surface area contributed by atoms with Gasteiger partial charge in [-0.05, 0) is 47.5 Å². The first-order valence-corrected chi connectivity index (χ1v) is 18.0. The first-order valence-electron chi connectivity index (χ1n) is 23.0. The van der Waals surface area contributed by atoms with Crippen molar-refractivity contribution in [1.82, 2.24) is 19.5 Å². The molecule has 0 amide bonds. The van der Waals surface area contributed by atoms with Crippen molar-refractivity contribution in [2.75, 3.05) is 0 Å². The SMILES string of the molecule is [2H]c1cc2c3c(-c4c([2H])c([2H])c([2H])c([2H])c4[2H])c([2H])cc([2H])c3n(-c3ccc(-c4nc(-c5ccccc5)nc(-c5ccccc5)n4)cc3-c3cccc4c3oc3ccccc34)c2c([2H])c1[2H]. The number of rotatable bonds is 6. The van der Waals surface area contributed by atoms with Crippen LogP contribution in [0, 0.1) is 0 Å². The molecule has 0 bridgehead atoms. The summed E-state index contributed by atoms with van der Waals surface area (Å²) in [5.74, 6) is 1.25. The molecule has 262 valence electrons. The van der Waals surface area contributed by atoms with E-state index in [2.05, 4.69) is 0 Å². The van der Waals surface area contributed by atoms with E-state index in [1.165, 1.54) is 12.1 Å². The number of furan rings is 1. The van der Waals surface area contributed by atoms with Gasteiger partial charge in [0.05, 0.1) is 30.4 Å². The highest BCUT2D eigenvalue weighted by molar-refractivity contribution is 6.16. The fraction of sp³-hybridized carbons (Fsp3) is 0. The van der Waals surface area contributed by atoms with E-state index in [-0.39, 0.29) is 57.1 Å². The van der Waals surface area contributed by atoms with Gasteiger partial charge in [-0.3, -0.25) is 0 Å². The van der Waals surface area contributed by atoms with E-state index in [9.17, 15) is 4.11 Å². The molecule has 0 N–H and O–H groups in total. The number of fused-ring (bicyclic) bond motifs is 6. The summed E-state index contributed by atoms with van der Waals surface area (Å²) in [5, 5.41) is 2.03. The van der Waals surface area contributed by atoms with Gasteiger partial charge in [0.1, 0.15) is 11.2 Å². The van der Waals surface area contributed by atoms with E-state index < -0.39 is 36.3 Å². The molecule has 11 aromatic rings. The summed E-state index contributed by atoms with van der Waals surface area (Å²) < 4.78 is 97.5. The van der Waals surface area contributed by atoms with Crippen molar-refractivity contribution < 1.29 is 18.1 Å². The number of hydrogen-bond acceptors (Lipinski definition) is 4. The van der Waals surface area contributed by atoms with Crippen LogP contribution in [0.15, 0.2) is 198 Å². The average molecular weight is 727 g/mol. The lowest BCUT2D eigenvalue weighted by atomic mass is 9.97. The lowest BCUT2D eigenvalue weighted by molar-refractivity contribution is 0.670. The van der Waals surface area contributed by atoms with Crippen LogP contribution >= 0.6 is 0 Å². The van der Waals surface area contributed by atoms with Crippen LogP contribution in [-0.4, -0.2) is 19.5 Å². The van der Waals surface area contributed by atoms with Gasteiger partial charge in [0.25, 0.3) is 0 Å². The summed E-state index contributed by atoms with van der Waals surface area (Å²) in [5.41, 5.74) is 4.84. The molecule has 0 aliphatic rings. The molecule has 0 unspecified atom stereocenters. The summed E-state index contributed by atoms with van der Waals surface area (Å²) in [6.45, 7) is 0. The van der Waals surface area contributed by atoms with E-state index in [4.69, 9.17) is 29.0 Å². The molecule has 0 aliphatic heterocycles. The molecule has 5 nitrogen and oxygen atoms in total. The minimum atomic E-state index is -0.605. The van der Waals surface area contributed by atoms with Crippen LogP contribution < -0.4 is 0 Å². The quantitative estimate of drug-likeness (QED) is 0.171. The van der Waals surface area contributed by atoms with Gasteiger partial charge in [0.15, 0.2) is 17.5 Å². The van der Waals surface area contributed by atoms with Crippen molar-refractivity contribution in [3.8, 4) is 62.1 Å². The normalized spacial score (nSPS) is 14.1. The highest BCUT2D eigenvalue weighted by atomic mass is 16.3. The molecule has 11 rings (SSSR count). The standard InChI is InChI=1S/C51H32N4O/c1-4-16-33(17-5-1)37-24-15-28-45-47(37)41-23-10-12-27-43(41)55(45)44-31-30-36(32-42(44)40-26-14-25-39-38-22-11-13-29-46(38)56-48(39)40)51-53-49(34-18-6-2-7-19-34)52-50(54-51)35-20-8-3-9-21-35/h1-32H/i1D,4D,5D,10D,12D,16D,17D,24D,27D,28D. The Bertz CT molecular complexity index is 3750. The molecule has 56 heavy (non-hydrogen) atoms. The molecule has 0 spiro atoms. The second-order valence-corrected chi connectivity index (χ2v) is 13.2. The maximum atomic E-state index is 9.52. The van der Waals surface area contributed by atoms with Crippen molar-refractivity contribution in [2.45, 2.75) is 0 Å². The van der Waals surface area contributed by atoms with Crippen molar-refractivity contribution >= 4 is 43.7 Å². The van der Waals surface area contributed by atoms with Gasteiger partial charge in [-0.2, -0.15) is 0 Å². The third-order valence-corrected chi connectivity index (χ3v) is 9.99. The molecule has 0 radical (unpaired) electrons. The van der Waals surface area contributed by atoms with Gasteiger partial charge in [0.2, 0.25) is 0 Å². The van der Waals surface area contributed by atoms with Gasteiger partial charge < -0.3 is 8.98 Å². The third-order valence-electron chi connectivity index (χ3n) is 9.99. The van der Waals surface area contributed by atoms with Crippen LogP contribution in [0.4, 0.5) is 0 Å². The number of hydrogen-bond donors (Lipinski definition) is 0. The third kappa shape index (κ3) is 5.21. The molecule has 3 aromatic heterocycles. The first kappa shape index (κ1) is 23.2. The zero-order chi connectivity index (χ0) is 45.7. The summed E-state index contributed by atoms with van der Waals surface area (Å²) in [6, 6.07) is 36.4. The van der Waals surface area contributed by atoms with E-state index in [1.54, 1.807) is 10.6 Å². The second-order valence-electron chi connectivity index (χ2n) is 13.2. The van der Waals surface area contributed by atoms with Crippen LogP contribution in [0.2, 0.25) is 0 Å². The van der Waals surface area contributed by atoms with E-state index in [0.717, 1.165) is 21.9 Å². The Kier molecular flexibility index (Phi) is 5.41. The topological polar surface area (TPSA) is 56.7 Å². The average Bonchev–Trinajstić information content (AvgIpc) is 3.90. The largest absolute Gasteiger partial charge is 0.455 e. The maximum absolute atomic E-state index is 9.52. The minimum Gasteiger partial charge on any atom is -0.455 e. The fourth-order valence-electron chi connectivity index (χ4n) is 7.49. The molecule has 8 aromatic carbocycles. The van der Waals surface area contributed by atoms with E-state index in [0.29, 0.717) is 51.0 Å². The Labute approximate surface area is 336 Å². The lowest BCUT2D eigenvalue weighted by Crippen LogP contribution is -2.02. The van der Waals surface area contributed by atoms with Crippen molar-refractivity contribution in [1.29, 1.82) is 0 Å². The Balaban J connectivity index is 1.29. The number of benzene rings is 8. The number of aromatic nitrogens is 4. The van der Waals surface area contributed by atoms with Crippen LogP contribution in [0.25, 0.3) is 106 Å². The highest BCUT2D eigenvalue weighted by Crippen LogP contribution is 2.44. The molecule has 0 fully saturated rings. The fourth-order valence-corrected chi connectivity index (χ4v) is 7.49. The zero-order valence-electron chi connectivity index (χ0n) is 39.4. The summed E-state index contributed by atoms with van der Waals surface area (Å²) >= 11 is 0. The molecular weight excluding hydrogens is 685 g/mol. The van der Waals surface area contributed by atoms with Crippen molar-refractivity contribution in [3.63, 3.8) is 0 Å². The lowest BCUT2D eigenvalue weighted by Gasteiger charge is -2.16. The van der Waals surface area contributed by atoms with E-state index >= 15 is 0 Å². The molecule has 3 heterocycles. The Morgan fingerprint density at radius 3 is 1.88 bits per heavy atom. The van der Waals surface area contributed by atoms with Crippen molar-refractivity contribution in [3.05, 3.63) is 194 Å². The minimum absolute atomic E-state index is 0.0668. The molecular formula is C51H32N4O. The van der Waals surface area contributed by atoms with Gasteiger partial charge in [-0.1, -0.05) is 158 Å². The van der Waals surface area contributed by atoms with Crippen LogP contribution in [0.5, 0.6) is 0 Å². The van der Waals surface area contributed by atoms with Crippen LogP contribution in [0.1, 0.15) is 13.7 Å². The molecule has 0 saturated carbocycles. The molecule has 5 heteroatoms. The Morgan fingerprint density at radius 1 is 0.429 bits per heavy atom. The molecule has 0 atom stereocenters. The summed E-state index contributed by atoms with van der Waals surface area (Å²) in [7, 11) is 0. The number of para-hydroxylation sites is 3. The van der Waals surface area contributed by atoms with Gasteiger partial charge in [-0.25, -0.2) is 15.0 Å². The van der Waals surface area contributed by atoms with Crippen molar-refractivity contribution in [2.24, 2.45) is 0 Å². The van der Waals surface area contributed by atoms with Gasteiger partial charge >= 0.3 is 0 Å². The zero-order valence-corrected chi connectivity index (χ0v) is 29.4. The predicted molar refractivity (Wildman–Crippen MR) is 229 cm³/mol. The summed E-state index contributed by atoms with van der Waals surface area (Å²) in [6.07, 6.45) is 0. The highest BCUT2D eigenvalue weighted by Gasteiger charge is 2.22. The molecule has 0 aliphatic carbocycles. The van der Waals surface area contributed by atoms with Crippen LogP contribution in [-0.2, 0) is 0 Å². The summed E-state index contributed by atoms with van der Waals surface area (Å²) in [4.78, 5) is 14.9. The number of nitrogens with zero attached hydrogens (tertiary/aromatic N) is 4. The predicted octanol–water partition coefficient (Wildman–Crippen LogP) is 13.2. The maximum Gasteiger partial charge on any atom is 0.164 e. The van der Waals surface area contributed by atoms with Gasteiger partial charge in [0, 0.05) is 49.4 Å². The second kappa shape index (κ2) is 13.0. The Morgan fingerprint density at radius 2 is 1.11 bits per heavy atom. The molecule has 0 saturated heterocycles. The Hall–Kier alpha value is -7.63.